The number of hydrogen-bond acceptors (Lipinski definition) is 2. The summed E-state index contributed by atoms with van der Waals surface area (Å²) < 4.78 is 0.952. The van der Waals surface area contributed by atoms with E-state index in [-0.39, 0.29) is 11.7 Å². The molecule has 3 heteroatoms. The van der Waals surface area contributed by atoms with Crippen LogP contribution in [-0.4, -0.2) is 12.1 Å². The van der Waals surface area contributed by atoms with Gasteiger partial charge in [-0.2, -0.15) is 0 Å². The lowest BCUT2D eigenvalue weighted by Crippen LogP contribution is -2.09. The van der Waals surface area contributed by atoms with Crippen LogP contribution in [0.5, 0.6) is 0 Å². The van der Waals surface area contributed by atoms with Gasteiger partial charge >= 0.3 is 0 Å². The van der Waals surface area contributed by atoms with Gasteiger partial charge in [0.1, 0.15) is 6.29 Å². The van der Waals surface area contributed by atoms with Crippen molar-refractivity contribution >= 4 is 28.0 Å². The van der Waals surface area contributed by atoms with Gasteiger partial charge in [-0.3, -0.25) is 4.79 Å². The molecular formula is C12H11BrO2. The van der Waals surface area contributed by atoms with E-state index in [1.165, 1.54) is 0 Å². The minimum Gasteiger partial charge on any atom is -0.303 e. The Morgan fingerprint density at radius 3 is 2.53 bits per heavy atom. The standard InChI is InChI=1S/C12H11BrO2/c1-12(7-14)6-10(12)11(15)8-2-4-9(13)5-3-8/h2-5,7,10H,6H2,1H3. The first-order valence-corrected chi connectivity index (χ1v) is 5.62. The smallest absolute Gasteiger partial charge is 0.166 e. The molecule has 0 aliphatic heterocycles. The Balaban J connectivity index is 2.17. The molecule has 1 aliphatic carbocycles. The van der Waals surface area contributed by atoms with Gasteiger partial charge in [0, 0.05) is 21.4 Å². The number of aldehydes is 1. The SMILES string of the molecule is CC1(C=O)CC1C(=O)c1ccc(Br)cc1. The fourth-order valence-electron chi connectivity index (χ4n) is 1.72. The minimum absolute atomic E-state index is 0.0806. The number of benzene rings is 1. The molecule has 0 bridgehead atoms. The second kappa shape index (κ2) is 3.56. The van der Waals surface area contributed by atoms with Crippen LogP contribution in [0.15, 0.2) is 28.7 Å². The molecule has 0 aromatic heterocycles. The Morgan fingerprint density at radius 1 is 1.47 bits per heavy atom. The van der Waals surface area contributed by atoms with E-state index in [0.717, 1.165) is 10.8 Å². The van der Waals surface area contributed by atoms with Gasteiger partial charge in [0.05, 0.1) is 0 Å². The Labute approximate surface area is 96.8 Å². The Kier molecular flexibility index (Phi) is 2.51. The molecule has 0 amide bonds. The predicted molar refractivity (Wildman–Crippen MR) is 60.8 cm³/mol. The van der Waals surface area contributed by atoms with Crippen LogP contribution in [0.1, 0.15) is 23.7 Å². The van der Waals surface area contributed by atoms with Gasteiger partial charge in [0.2, 0.25) is 0 Å². The van der Waals surface area contributed by atoms with Gasteiger partial charge in [-0.1, -0.05) is 35.0 Å². The molecule has 0 spiro atoms. The van der Waals surface area contributed by atoms with E-state index < -0.39 is 5.41 Å². The number of Topliss-reactive ketones (excluding diaryl/α,β-unsaturated/α-hetero) is 1. The molecule has 0 radical (unpaired) electrons. The summed E-state index contributed by atoms with van der Waals surface area (Å²) in [6.45, 7) is 1.83. The molecule has 1 saturated carbocycles. The van der Waals surface area contributed by atoms with E-state index >= 15 is 0 Å². The van der Waals surface area contributed by atoms with Crippen LogP contribution in [0.2, 0.25) is 0 Å². The van der Waals surface area contributed by atoms with Crippen molar-refractivity contribution in [2.75, 3.05) is 0 Å². The number of hydrogen-bond donors (Lipinski definition) is 0. The molecule has 0 saturated heterocycles. The fourth-order valence-corrected chi connectivity index (χ4v) is 1.98. The maximum absolute atomic E-state index is 11.9. The maximum atomic E-state index is 11.9. The molecule has 1 aromatic rings. The lowest BCUT2D eigenvalue weighted by atomic mass is 10.0. The summed E-state index contributed by atoms with van der Waals surface area (Å²) in [7, 11) is 0. The first kappa shape index (κ1) is 10.6. The second-order valence-corrected chi connectivity index (χ2v) is 5.17. The average Bonchev–Trinajstić information content (AvgIpc) is 2.92. The molecule has 2 rings (SSSR count). The van der Waals surface area contributed by atoms with Crippen LogP contribution >= 0.6 is 15.9 Å². The molecule has 0 N–H and O–H groups in total. The molecule has 0 heterocycles. The van der Waals surface area contributed by atoms with Gasteiger partial charge in [0.15, 0.2) is 5.78 Å². The van der Waals surface area contributed by atoms with Crippen LogP contribution in [0.4, 0.5) is 0 Å². The van der Waals surface area contributed by atoms with E-state index in [1.54, 1.807) is 12.1 Å². The summed E-state index contributed by atoms with van der Waals surface area (Å²) >= 11 is 3.32. The fraction of sp³-hybridized carbons (Fsp3) is 0.333. The number of rotatable bonds is 3. The van der Waals surface area contributed by atoms with Gasteiger partial charge < -0.3 is 4.79 Å². The summed E-state index contributed by atoms with van der Waals surface area (Å²) in [5, 5.41) is 0. The molecule has 2 atom stereocenters. The van der Waals surface area contributed by atoms with Crippen molar-refractivity contribution < 1.29 is 9.59 Å². The average molecular weight is 267 g/mol. The van der Waals surface area contributed by atoms with Gasteiger partial charge in [-0.25, -0.2) is 0 Å². The summed E-state index contributed by atoms with van der Waals surface area (Å²) in [4.78, 5) is 22.6. The van der Waals surface area contributed by atoms with Crippen molar-refractivity contribution in [2.45, 2.75) is 13.3 Å². The minimum atomic E-state index is -0.413. The molecular weight excluding hydrogens is 256 g/mol. The maximum Gasteiger partial charge on any atom is 0.166 e. The highest BCUT2D eigenvalue weighted by Gasteiger charge is 2.54. The van der Waals surface area contributed by atoms with Crippen LogP contribution in [0.3, 0.4) is 0 Å². The Hall–Kier alpha value is -0.960. The zero-order valence-electron chi connectivity index (χ0n) is 8.37. The van der Waals surface area contributed by atoms with Crippen LogP contribution in [0, 0.1) is 11.3 Å². The van der Waals surface area contributed by atoms with Crippen LogP contribution in [-0.2, 0) is 4.79 Å². The quantitative estimate of drug-likeness (QED) is 0.623. The van der Waals surface area contributed by atoms with Crippen LogP contribution < -0.4 is 0 Å². The zero-order chi connectivity index (χ0) is 11.1. The summed E-state index contributed by atoms with van der Waals surface area (Å²) in [5.41, 5.74) is 0.276. The normalized spacial score (nSPS) is 28.5. The van der Waals surface area contributed by atoms with Crippen molar-refractivity contribution in [3.63, 3.8) is 0 Å². The van der Waals surface area contributed by atoms with Gasteiger partial charge in [0.25, 0.3) is 0 Å². The molecule has 1 aliphatic rings. The van der Waals surface area contributed by atoms with E-state index in [2.05, 4.69) is 15.9 Å². The summed E-state index contributed by atoms with van der Waals surface area (Å²) in [5.74, 6) is -0.0340. The van der Waals surface area contributed by atoms with Crippen LogP contribution in [0.25, 0.3) is 0 Å². The largest absolute Gasteiger partial charge is 0.303 e. The first-order chi connectivity index (χ1) is 7.07. The number of ketones is 1. The van der Waals surface area contributed by atoms with E-state index in [0.29, 0.717) is 12.0 Å². The molecule has 1 fully saturated rings. The molecule has 1 aromatic carbocycles. The predicted octanol–water partition coefficient (Wildman–Crippen LogP) is 2.86. The van der Waals surface area contributed by atoms with Crippen molar-refractivity contribution in [2.24, 2.45) is 11.3 Å². The summed E-state index contributed by atoms with van der Waals surface area (Å²) in [6, 6.07) is 7.26. The highest BCUT2D eigenvalue weighted by Crippen LogP contribution is 2.51. The third-order valence-electron chi connectivity index (χ3n) is 2.99. The zero-order valence-corrected chi connectivity index (χ0v) is 9.95. The second-order valence-electron chi connectivity index (χ2n) is 4.25. The van der Waals surface area contributed by atoms with Crippen molar-refractivity contribution in [1.29, 1.82) is 0 Å². The number of carbonyl (C=O) groups excluding carboxylic acids is 2. The van der Waals surface area contributed by atoms with Gasteiger partial charge in [-0.05, 0) is 18.6 Å². The lowest BCUT2D eigenvalue weighted by Gasteiger charge is -2.02. The van der Waals surface area contributed by atoms with Gasteiger partial charge in [-0.15, -0.1) is 0 Å². The highest BCUT2D eigenvalue weighted by molar-refractivity contribution is 9.10. The summed E-state index contributed by atoms with van der Waals surface area (Å²) in [6.07, 6.45) is 1.58. The third-order valence-corrected chi connectivity index (χ3v) is 3.52. The lowest BCUT2D eigenvalue weighted by molar-refractivity contribution is -0.112. The molecule has 15 heavy (non-hydrogen) atoms. The Bertz CT molecular complexity index is 410. The highest BCUT2D eigenvalue weighted by atomic mass is 79.9. The van der Waals surface area contributed by atoms with Crippen molar-refractivity contribution in [3.05, 3.63) is 34.3 Å². The van der Waals surface area contributed by atoms with Crippen molar-refractivity contribution in [1.82, 2.24) is 0 Å². The number of carbonyl (C=O) groups is 2. The topological polar surface area (TPSA) is 34.1 Å². The number of halogens is 1. The first-order valence-electron chi connectivity index (χ1n) is 4.83. The van der Waals surface area contributed by atoms with E-state index in [4.69, 9.17) is 0 Å². The van der Waals surface area contributed by atoms with E-state index in [9.17, 15) is 9.59 Å². The monoisotopic (exact) mass is 266 g/mol. The molecule has 78 valence electrons. The Morgan fingerprint density at radius 2 is 2.07 bits per heavy atom. The molecule has 2 unspecified atom stereocenters. The van der Waals surface area contributed by atoms with E-state index in [1.807, 2.05) is 19.1 Å². The van der Waals surface area contributed by atoms with Crippen molar-refractivity contribution in [3.8, 4) is 0 Å². The third kappa shape index (κ3) is 1.88. The molecule has 2 nitrogen and oxygen atoms in total.